The summed E-state index contributed by atoms with van der Waals surface area (Å²) in [5, 5.41) is 0. The molecule has 0 radical (unpaired) electrons. The maximum atomic E-state index is 2.53. The van der Waals surface area contributed by atoms with Crippen molar-refractivity contribution in [1.29, 1.82) is 0 Å². The molecule has 0 amide bonds. The quantitative estimate of drug-likeness (QED) is 0.247. The number of rotatable bonds is 12. The van der Waals surface area contributed by atoms with Crippen molar-refractivity contribution >= 4 is 0 Å². The molecule has 2 aromatic rings. The third kappa shape index (κ3) is 7.14. The molecule has 0 heterocycles. The van der Waals surface area contributed by atoms with Crippen molar-refractivity contribution in [3.8, 4) is 11.1 Å². The van der Waals surface area contributed by atoms with Gasteiger partial charge < -0.3 is 0 Å². The highest BCUT2D eigenvalue weighted by atomic mass is 14.5. The van der Waals surface area contributed by atoms with Crippen LogP contribution in [-0.4, -0.2) is 0 Å². The average molecular weight is 515 g/mol. The minimum atomic E-state index is 0.675. The maximum Gasteiger partial charge on any atom is -0.0154 e. The van der Waals surface area contributed by atoms with Crippen LogP contribution >= 0.6 is 0 Å². The van der Waals surface area contributed by atoms with Gasteiger partial charge in [-0.2, -0.15) is 0 Å². The fourth-order valence-electron chi connectivity index (χ4n) is 8.47. The van der Waals surface area contributed by atoms with E-state index in [2.05, 4.69) is 71.0 Å². The highest BCUT2D eigenvalue weighted by Crippen LogP contribution is 2.53. The Hall–Kier alpha value is -1.56. The SMILES string of the molecule is CCCCCc1ccc(-c2ccc(C(C)[C@H]3CC[C@H](C4(CCCCC)CCCCC4)CC3)c(C)c2)c(C)c1. The zero-order valence-electron chi connectivity index (χ0n) is 25.7. The molecule has 0 bridgehead atoms. The van der Waals surface area contributed by atoms with Crippen LogP contribution in [0.1, 0.15) is 152 Å². The van der Waals surface area contributed by atoms with Gasteiger partial charge in [-0.05, 0) is 128 Å². The molecule has 2 aliphatic carbocycles. The third-order valence-electron chi connectivity index (χ3n) is 10.9. The number of unbranched alkanes of at least 4 members (excludes halogenated alkanes) is 4. The van der Waals surface area contributed by atoms with Crippen molar-refractivity contribution in [2.45, 2.75) is 150 Å². The van der Waals surface area contributed by atoms with E-state index in [-0.39, 0.29) is 0 Å². The molecular weight excluding hydrogens is 456 g/mol. The van der Waals surface area contributed by atoms with Gasteiger partial charge in [0.15, 0.2) is 0 Å². The molecule has 2 fully saturated rings. The van der Waals surface area contributed by atoms with E-state index in [1.54, 1.807) is 5.56 Å². The van der Waals surface area contributed by atoms with Gasteiger partial charge in [0.1, 0.15) is 0 Å². The summed E-state index contributed by atoms with van der Waals surface area (Å²) in [4.78, 5) is 0. The molecule has 210 valence electrons. The molecular formula is C38H58. The van der Waals surface area contributed by atoms with Gasteiger partial charge in [-0.25, -0.2) is 0 Å². The Balaban J connectivity index is 1.39. The van der Waals surface area contributed by atoms with E-state index >= 15 is 0 Å². The van der Waals surface area contributed by atoms with Crippen molar-refractivity contribution < 1.29 is 0 Å². The predicted molar refractivity (Wildman–Crippen MR) is 168 cm³/mol. The second kappa shape index (κ2) is 14.2. The van der Waals surface area contributed by atoms with E-state index in [0.29, 0.717) is 11.3 Å². The van der Waals surface area contributed by atoms with Crippen LogP contribution in [-0.2, 0) is 6.42 Å². The molecule has 0 nitrogen and oxygen atoms in total. The highest BCUT2D eigenvalue weighted by Gasteiger charge is 2.41. The fourth-order valence-corrected chi connectivity index (χ4v) is 8.47. The van der Waals surface area contributed by atoms with E-state index in [1.807, 2.05) is 0 Å². The second-order valence-corrected chi connectivity index (χ2v) is 13.5. The summed E-state index contributed by atoms with van der Waals surface area (Å²) >= 11 is 0. The van der Waals surface area contributed by atoms with Gasteiger partial charge in [0.25, 0.3) is 0 Å². The van der Waals surface area contributed by atoms with Crippen molar-refractivity contribution in [3.05, 3.63) is 58.7 Å². The highest BCUT2D eigenvalue weighted by molar-refractivity contribution is 5.69. The molecule has 2 saturated carbocycles. The van der Waals surface area contributed by atoms with Gasteiger partial charge in [-0.3, -0.25) is 0 Å². The average Bonchev–Trinajstić information content (AvgIpc) is 2.94. The summed E-state index contributed by atoms with van der Waals surface area (Å²) in [6, 6.07) is 14.5. The Bertz CT molecular complexity index is 983. The van der Waals surface area contributed by atoms with Crippen LogP contribution in [0.4, 0.5) is 0 Å². The summed E-state index contributed by atoms with van der Waals surface area (Å²) in [7, 11) is 0. The van der Waals surface area contributed by atoms with Crippen molar-refractivity contribution in [3.63, 3.8) is 0 Å². The first kappa shape index (κ1) is 29.4. The largest absolute Gasteiger partial charge is 0.0654 e. The number of aryl methyl sites for hydroxylation is 3. The molecule has 38 heavy (non-hydrogen) atoms. The molecule has 2 aromatic carbocycles. The predicted octanol–water partition coefficient (Wildman–Crippen LogP) is 12.1. The molecule has 2 aliphatic rings. The lowest BCUT2D eigenvalue weighted by Gasteiger charge is -2.47. The van der Waals surface area contributed by atoms with Gasteiger partial charge in [0, 0.05) is 0 Å². The van der Waals surface area contributed by atoms with Crippen molar-refractivity contribution in [1.82, 2.24) is 0 Å². The van der Waals surface area contributed by atoms with Crippen LogP contribution in [0.3, 0.4) is 0 Å². The molecule has 0 heteroatoms. The fraction of sp³-hybridized carbons (Fsp3) is 0.684. The van der Waals surface area contributed by atoms with Gasteiger partial charge in [0.05, 0.1) is 0 Å². The Kier molecular flexibility index (Phi) is 11.0. The molecule has 4 rings (SSSR count). The van der Waals surface area contributed by atoms with E-state index < -0.39 is 0 Å². The Labute approximate surface area is 236 Å². The monoisotopic (exact) mass is 514 g/mol. The zero-order chi connectivity index (χ0) is 27.0. The lowest BCUT2D eigenvalue weighted by Crippen LogP contribution is -2.36. The van der Waals surface area contributed by atoms with Crippen LogP contribution in [0.5, 0.6) is 0 Å². The zero-order valence-corrected chi connectivity index (χ0v) is 25.7. The van der Waals surface area contributed by atoms with E-state index in [4.69, 9.17) is 0 Å². The Morgan fingerprint density at radius 2 is 1.47 bits per heavy atom. The molecule has 1 unspecified atom stereocenters. The van der Waals surface area contributed by atoms with E-state index in [9.17, 15) is 0 Å². The molecule has 1 atom stereocenters. The normalized spacial score (nSPS) is 22.3. The number of benzene rings is 2. The second-order valence-electron chi connectivity index (χ2n) is 13.5. The molecule has 0 spiro atoms. The third-order valence-corrected chi connectivity index (χ3v) is 10.9. The Morgan fingerprint density at radius 1 is 0.763 bits per heavy atom. The van der Waals surface area contributed by atoms with Crippen LogP contribution < -0.4 is 0 Å². The molecule has 0 aromatic heterocycles. The lowest BCUT2D eigenvalue weighted by atomic mass is 9.58. The van der Waals surface area contributed by atoms with Gasteiger partial charge in [-0.15, -0.1) is 0 Å². The van der Waals surface area contributed by atoms with E-state index in [1.165, 1.54) is 137 Å². The molecule has 0 aliphatic heterocycles. The maximum absolute atomic E-state index is 2.53. The van der Waals surface area contributed by atoms with Gasteiger partial charge in [0.2, 0.25) is 0 Å². The first-order chi connectivity index (χ1) is 18.5. The summed E-state index contributed by atoms with van der Waals surface area (Å²) in [6.07, 6.45) is 24.3. The smallest absolute Gasteiger partial charge is 0.0154 e. The van der Waals surface area contributed by atoms with Gasteiger partial charge >= 0.3 is 0 Å². The van der Waals surface area contributed by atoms with Crippen LogP contribution in [0.25, 0.3) is 11.1 Å². The first-order valence-corrected chi connectivity index (χ1v) is 16.7. The van der Waals surface area contributed by atoms with Crippen LogP contribution in [0.2, 0.25) is 0 Å². The van der Waals surface area contributed by atoms with Crippen molar-refractivity contribution in [2.24, 2.45) is 17.3 Å². The lowest BCUT2D eigenvalue weighted by molar-refractivity contribution is 0.0409. The van der Waals surface area contributed by atoms with E-state index in [0.717, 1.165) is 11.8 Å². The summed E-state index contributed by atoms with van der Waals surface area (Å²) in [5.74, 6) is 2.53. The topological polar surface area (TPSA) is 0 Å². The van der Waals surface area contributed by atoms with Gasteiger partial charge in [-0.1, -0.05) is 109 Å². The summed E-state index contributed by atoms with van der Waals surface area (Å²) in [5.41, 5.74) is 9.51. The Morgan fingerprint density at radius 3 is 2.13 bits per heavy atom. The number of hydrogen-bond acceptors (Lipinski definition) is 0. The van der Waals surface area contributed by atoms with Crippen LogP contribution in [0.15, 0.2) is 36.4 Å². The first-order valence-electron chi connectivity index (χ1n) is 16.7. The summed E-state index contributed by atoms with van der Waals surface area (Å²) < 4.78 is 0. The summed E-state index contributed by atoms with van der Waals surface area (Å²) in [6.45, 7) is 11.8. The van der Waals surface area contributed by atoms with Crippen molar-refractivity contribution in [2.75, 3.05) is 0 Å². The van der Waals surface area contributed by atoms with Crippen LogP contribution in [0, 0.1) is 31.1 Å². The number of hydrogen-bond donors (Lipinski definition) is 0. The molecule has 0 saturated heterocycles. The minimum Gasteiger partial charge on any atom is -0.0654 e. The standard InChI is InChI=1S/C38H58/c1-6-8-11-15-32-16-22-37(29(3)27-32)34-19-23-36(30(4)28-34)31(5)33-17-20-35(21-18-33)38(24-12-9-7-2)25-13-10-14-26-38/h16,19,22-23,27-28,31,33,35H,6-15,17-18,20-21,24-26H2,1-5H3/t31?,33-,35-. The molecule has 0 N–H and O–H groups in total. The minimum absolute atomic E-state index is 0.675.